The SMILES string of the molecule is CC1C=CC(C(=O)OC(=O)C2C=CC(C)CC2)CC1. The molecule has 2 rings (SSSR count). The molecule has 4 atom stereocenters. The predicted octanol–water partition coefficient (Wildman–Crippen LogP) is 3.26. The molecule has 4 unspecified atom stereocenters. The Morgan fingerprint density at radius 2 is 1.21 bits per heavy atom. The highest BCUT2D eigenvalue weighted by molar-refractivity contribution is 5.89. The van der Waals surface area contributed by atoms with E-state index in [4.69, 9.17) is 4.74 Å². The Hall–Kier alpha value is -1.38. The second-order valence-electron chi connectivity index (χ2n) is 5.83. The molecule has 0 radical (unpaired) electrons. The first-order valence-electron chi connectivity index (χ1n) is 7.18. The van der Waals surface area contributed by atoms with Gasteiger partial charge in [0.05, 0.1) is 11.8 Å². The van der Waals surface area contributed by atoms with Crippen LogP contribution in [-0.4, -0.2) is 11.9 Å². The maximum absolute atomic E-state index is 11.9. The summed E-state index contributed by atoms with van der Waals surface area (Å²) >= 11 is 0. The molecule has 0 N–H and O–H groups in total. The van der Waals surface area contributed by atoms with Crippen molar-refractivity contribution in [2.24, 2.45) is 23.7 Å². The molecule has 0 amide bonds. The third-order valence-electron chi connectivity index (χ3n) is 4.02. The Balaban J connectivity index is 1.87. The van der Waals surface area contributed by atoms with Crippen LogP contribution in [0, 0.1) is 23.7 Å². The summed E-state index contributed by atoms with van der Waals surface area (Å²) in [6, 6.07) is 0. The fourth-order valence-electron chi connectivity index (χ4n) is 2.56. The van der Waals surface area contributed by atoms with Crippen LogP contribution in [0.4, 0.5) is 0 Å². The molecule has 0 aliphatic heterocycles. The zero-order chi connectivity index (χ0) is 13.8. The maximum atomic E-state index is 11.9. The van der Waals surface area contributed by atoms with E-state index in [1.807, 2.05) is 24.3 Å². The van der Waals surface area contributed by atoms with Gasteiger partial charge < -0.3 is 4.74 Å². The number of hydrogen-bond acceptors (Lipinski definition) is 3. The third kappa shape index (κ3) is 3.79. The number of esters is 2. The molecular formula is C16H22O3. The standard InChI is InChI=1S/C16H22O3/c1-11-3-7-13(8-4-11)15(17)19-16(18)14-9-5-12(2)6-10-14/h3,5,7,9,11-14H,4,6,8,10H2,1-2H3. The van der Waals surface area contributed by atoms with E-state index in [0.717, 1.165) is 25.7 Å². The second-order valence-corrected chi connectivity index (χ2v) is 5.83. The number of rotatable bonds is 2. The molecule has 3 nitrogen and oxygen atoms in total. The van der Waals surface area contributed by atoms with Crippen molar-refractivity contribution in [1.29, 1.82) is 0 Å². The lowest BCUT2D eigenvalue weighted by Crippen LogP contribution is -2.27. The predicted molar refractivity (Wildman–Crippen MR) is 73.2 cm³/mol. The number of allylic oxidation sites excluding steroid dienone is 2. The Kier molecular flexibility index (Phi) is 4.56. The van der Waals surface area contributed by atoms with E-state index in [0.29, 0.717) is 11.8 Å². The van der Waals surface area contributed by atoms with Crippen LogP contribution in [0.25, 0.3) is 0 Å². The van der Waals surface area contributed by atoms with Gasteiger partial charge in [-0.15, -0.1) is 0 Å². The van der Waals surface area contributed by atoms with Crippen LogP contribution in [-0.2, 0) is 14.3 Å². The first-order chi connectivity index (χ1) is 9.06. The second kappa shape index (κ2) is 6.18. The Labute approximate surface area is 114 Å². The third-order valence-corrected chi connectivity index (χ3v) is 4.02. The van der Waals surface area contributed by atoms with E-state index in [-0.39, 0.29) is 23.8 Å². The molecule has 0 saturated carbocycles. The zero-order valence-corrected chi connectivity index (χ0v) is 11.7. The summed E-state index contributed by atoms with van der Waals surface area (Å²) < 4.78 is 5.02. The molecule has 0 spiro atoms. The monoisotopic (exact) mass is 262 g/mol. The van der Waals surface area contributed by atoms with Crippen molar-refractivity contribution in [3.8, 4) is 0 Å². The van der Waals surface area contributed by atoms with Gasteiger partial charge in [0.1, 0.15) is 0 Å². The van der Waals surface area contributed by atoms with Gasteiger partial charge in [-0.3, -0.25) is 9.59 Å². The average Bonchev–Trinajstić information content (AvgIpc) is 2.40. The van der Waals surface area contributed by atoms with Gasteiger partial charge in [0.25, 0.3) is 0 Å². The van der Waals surface area contributed by atoms with Crippen LogP contribution in [0.15, 0.2) is 24.3 Å². The van der Waals surface area contributed by atoms with Gasteiger partial charge in [0.2, 0.25) is 0 Å². The van der Waals surface area contributed by atoms with E-state index in [1.54, 1.807) is 0 Å². The number of ether oxygens (including phenoxy) is 1. The van der Waals surface area contributed by atoms with E-state index in [1.165, 1.54) is 0 Å². The van der Waals surface area contributed by atoms with Crippen molar-refractivity contribution in [3.05, 3.63) is 24.3 Å². The van der Waals surface area contributed by atoms with Crippen molar-refractivity contribution in [1.82, 2.24) is 0 Å². The summed E-state index contributed by atoms with van der Waals surface area (Å²) in [6.45, 7) is 4.24. The number of carbonyl (C=O) groups is 2. The van der Waals surface area contributed by atoms with Crippen LogP contribution in [0.1, 0.15) is 39.5 Å². The van der Waals surface area contributed by atoms with E-state index in [9.17, 15) is 9.59 Å². The van der Waals surface area contributed by atoms with Gasteiger partial charge >= 0.3 is 11.9 Å². The molecular weight excluding hydrogens is 240 g/mol. The minimum atomic E-state index is -0.389. The van der Waals surface area contributed by atoms with E-state index < -0.39 is 0 Å². The molecule has 3 heteroatoms. The van der Waals surface area contributed by atoms with E-state index >= 15 is 0 Å². The van der Waals surface area contributed by atoms with Crippen LogP contribution >= 0.6 is 0 Å². The summed E-state index contributed by atoms with van der Waals surface area (Å²) in [5, 5.41) is 0. The molecule has 2 aliphatic carbocycles. The molecule has 19 heavy (non-hydrogen) atoms. The normalized spacial score (nSPS) is 34.0. The van der Waals surface area contributed by atoms with Crippen molar-refractivity contribution >= 4 is 11.9 Å². The van der Waals surface area contributed by atoms with Crippen LogP contribution < -0.4 is 0 Å². The minimum Gasteiger partial charge on any atom is -0.392 e. The van der Waals surface area contributed by atoms with Gasteiger partial charge in [0.15, 0.2) is 0 Å². The zero-order valence-electron chi connectivity index (χ0n) is 11.7. The molecule has 0 aromatic rings. The highest BCUT2D eigenvalue weighted by atomic mass is 16.6. The maximum Gasteiger partial charge on any atom is 0.320 e. The molecule has 0 bridgehead atoms. The van der Waals surface area contributed by atoms with Crippen LogP contribution in [0.3, 0.4) is 0 Å². The number of hydrogen-bond donors (Lipinski definition) is 0. The summed E-state index contributed by atoms with van der Waals surface area (Å²) in [5.41, 5.74) is 0. The van der Waals surface area contributed by atoms with Gasteiger partial charge in [-0.2, -0.15) is 0 Å². The fraction of sp³-hybridized carbons (Fsp3) is 0.625. The fourth-order valence-corrected chi connectivity index (χ4v) is 2.56. The Morgan fingerprint density at radius 3 is 1.53 bits per heavy atom. The molecule has 104 valence electrons. The molecule has 0 aromatic heterocycles. The lowest BCUT2D eigenvalue weighted by Gasteiger charge is -2.21. The largest absolute Gasteiger partial charge is 0.392 e. The van der Waals surface area contributed by atoms with E-state index in [2.05, 4.69) is 13.8 Å². The summed E-state index contributed by atoms with van der Waals surface area (Å²) in [5.74, 6) is -0.233. The van der Waals surface area contributed by atoms with Crippen LogP contribution in [0.5, 0.6) is 0 Å². The average molecular weight is 262 g/mol. The van der Waals surface area contributed by atoms with Gasteiger partial charge in [0, 0.05) is 0 Å². The molecule has 2 aliphatic rings. The van der Waals surface area contributed by atoms with Crippen molar-refractivity contribution in [3.63, 3.8) is 0 Å². The summed E-state index contributed by atoms with van der Waals surface area (Å²) in [6.07, 6.45) is 11.3. The van der Waals surface area contributed by atoms with Gasteiger partial charge in [-0.25, -0.2) is 0 Å². The smallest absolute Gasteiger partial charge is 0.320 e. The first kappa shape index (κ1) is 14.0. The first-order valence-corrected chi connectivity index (χ1v) is 7.18. The lowest BCUT2D eigenvalue weighted by atomic mass is 9.89. The molecule has 0 fully saturated rings. The molecule has 0 saturated heterocycles. The van der Waals surface area contributed by atoms with Crippen molar-refractivity contribution in [2.45, 2.75) is 39.5 Å². The lowest BCUT2D eigenvalue weighted by molar-refractivity contribution is -0.164. The highest BCUT2D eigenvalue weighted by Gasteiger charge is 2.27. The van der Waals surface area contributed by atoms with Gasteiger partial charge in [-0.05, 0) is 37.5 Å². The number of carbonyl (C=O) groups excluding carboxylic acids is 2. The van der Waals surface area contributed by atoms with Crippen molar-refractivity contribution < 1.29 is 14.3 Å². The quantitative estimate of drug-likeness (QED) is 0.436. The Bertz CT molecular complexity index is 370. The topological polar surface area (TPSA) is 43.4 Å². The Morgan fingerprint density at radius 1 is 0.789 bits per heavy atom. The van der Waals surface area contributed by atoms with Crippen molar-refractivity contribution in [2.75, 3.05) is 0 Å². The van der Waals surface area contributed by atoms with Crippen LogP contribution in [0.2, 0.25) is 0 Å². The van der Waals surface area contributed by atoms with Gasteiger partial charge in [-0.1, -0.05) is 38.2 Å². The molecule has 0 heterocycles. The summed E-state index contributed by atoms with van der Waals surface area (Å²) in [4.78, 5) is 23.8. The minimum absolute atomic E-state index is 0.244. The highest BCUT2D eigenvalue weighted by Crippen LogP contribution is 2.25. The summed E-state index contributed by atoms with van der Waals surface area (Å²) in [7, 11) is 0. The molecule has 0 aromatic carbocycles.